The van der Waals surface area contributed by atoms with E-state index in [0.29, 0.717) is 19.4 Å². The molecule has 1 rings (SSSR count). The molecule has 0 fully saturated rings. The fraction of sp³-hybridized carbons (Fsp3) is 0.533. The quantitative estimate of drug-likeness (QED) is 0.676. The fourth-order valence-corrected chi connectivity index (χ4v) is 2.11. The number of pyridine rings is 1. The Kier molecular flexibility index (Phi) is 7.21. The van der Waals surface area contributed by atoms with E-state index in [4.69, 9.17) is 5.11 Å². The van der Waals surface area contributed by atoms with Crippen molar-refractivity contribution in [1.29, 1.82) is 0 Å². The van der Waals surface area contributed by atoms with E-state index in [9.17, 15) is 14.4 Å². The topological polar surface area (TPSA) is 88.4 Å². The van der Waals surface area contributed by atoms with Crippen LogP contribution in [-0.4, -0.2) is 28.1 Å². The molecule has 0 aliphatic heterocycles. The van der Waals surface area contributed by atoms with Crippen molar-refractivity contribution in [3.8, 4) is 0 Å². The second kappa shape index (κ2) is 8.94. The summed E-state index contributed by atoms with van der Waals surface area (Å²) in [5.41, 5.74) is -0.194. The van der Waals surface area contributed by atoms with Gasteiger partial charge in [0.15, 0.2) is 0 Å². The number of hydrogen-bond acceptors (Lipinski definition) is 3. The molecule has 1 aromatic rings. The van der Waals surface area contributed by atoms with Gasteiger partial charge < -0.3 is 15.0 Å². The van der Waals surface area contributed by atoms with Gasteiger partial charge in [-0.1, -0.05) is 19.4 Å². The molecule has 0 saturated carbocycles. The van der Waals surface area contributed by atoms with Crippen LogP contribution in [0, 0.1) is 0 Å². The molecule has 0 saturated heterocycles. The molecule has 21 heavy (non-hydrogen) atoms. The Bertz CT molecular complexity index is 524. The maximum absolute atomic E-state index is 12.1. The summed E-state index contributed by atoms with van der Waals surface area (Å²) in [6.45, 7) is 2.35. The van der Waals surface area contributed by atoms with E-state index in [1.54, 1.807) is 18.3 Å². The molecule has 0 radical (unpaired) electrons. The second-order valence-corrected chi connectivity index (χ2v) is 4.87. The average Bonchev–Trinajstić information content (AvgIpc) is 2.45. The summed E-state index contributed by atoms with van der Waals surface area (Å²) in [4.78, 5) is 34.2. The Morgan fingerprint density at radius 2 is 2.05 bits per heavy atom. The van der Waals surface area contributed by atoms with Crippen molar-refractivity contribution in [1.82, 2.24) is 9.88 Å². The third-order valence-electron chi connectivity index (χ3n) is 3.24. The Morgan fingerprint density at radius 1 is 1.29 bits per heavy atom. The minimum Gasteiger partial charge on any atom is -0.481 e. The lowest BCUT2D eigenvalue weighted by Gasteiger charge is -2.17. The highest BCUT2D eigenvalue weighted by Crippen LogP contribution is 2.08. The Balaban J connectivity index is 2.41. The summed E-state index contributed by atoms with van der Waals surface area (Å²) in [5, 5.41) is 11.3. The van der Waals surface area contributed by atoms with Gasteiger partial charge in [0.25, 0.3) is 5.56 Å². The number of aromatic nitrogens is 1. The lowest BCUT2D eigenvalue weighted by molar-refractivity contribution is -0.137. The van der Waals surface area contributed by atoms with Crippen molar-refractivity contribution in [2.45, 2.75) is 45.1 Å². The predicted octanol–water partition coefficient (Wildman–Crippen LogP) is 1.56. The minimum atomic E-state index is -0.798. The number of carbonyl (C=O) groups is 2. The maximum Gasteiger partial charge on any atom is 0.303 e. The van der Waals surface area contributed by atoms with Gasteiger partial charge in [-0.25, -0.2) is 0 Å². The summed E-state index contributed by atoms with van der Waals surface area (Å²) in [7, 11) is 0. The van der Waals surface area contributed by atoms with Gasteiger partial charge in [0, 0.05) is 25.2 Å². The van der Waals surface area contributed by atoms with Gasteiger partial charge in [-0.05, 0) is 25.3 Å². The number of carbonyl (C=O) groups excluding carboxylic acids is 1. The molecule has 0 spiro atoms. The monoisotopic (exact) mass is 294 g/mol. The van der Waals surface area contributed by atoms with Gasteiger partial charge in [-0.2, -0.15) is 0 Å². The predicted molar refractivity (Wildman–Crippen MR) is 79.1 cm³/mol. The van der Waals surface area contributed by atoms with E-state index in [1.807, 2.05) is 6.92 Å². The van der Waals surface area contributed by atoms with Gasteiger partial charge in [-0.15, -0.1) is 0 Å². The number of aliphatic carboxylic acids is 1. The first-order valence-corrected chi connectivity index (χ1v) is 7.23. The van der Waals surface area contributed by atoms with E-state index < -0.39 is 12.0 Å². The lowest BCUT2D eigenvalue weighted by atomic mass is 10.1. The van der Waals surface area contributed by atoms with Crippen molar-refractivity contribution in [2.24, 2.45) is 0 Å². The first-order valence-electron chi connectivity index (χ1n) is 7.23. The van der Waals surface area contributed by atoms with E-state index in [0.717, 1.165) is 12.8 Å². The van der Waals surface area contributed by atoms with Gasteiger partial charge >= 0.3 is 5.97 Å². The molecule has 1 heterocycles. The van der Waals surface area contributed by atoms with Crippen LogP contribution in [0.5, 0.6) is 0 Å². The third-order valence-corrected chi connectivity index (χ3v) is 3.24. The number of rotatable bonds is 9. The molecule has 1 amide bonds. The van der Waals surface area contributed by atoms with Crippen LogP contribution in [0.4, 0.5) is 0 Å². The summed E-state index contributed by atoms with van der Waals surface area (Å²) in [6, 6.07) is 4.30. The zero-order valence-electron chi connectivity index (χ0n) is 12.2. The zero-order chi connectivity index (χ0) is 15.7. The first kappa shape index (κ1) is 16.9. The van der Waals surface area contributed by atoms with Gasteiger partial charge in [0.1, 0.15) is 6.04 Å². The van der Waals surface area contributed by atoms with Gasteiger partial charge in [0.2, 0.25) is 5.91 Å². The molecule has 6 heteroatoms. The van der Waals surface area contributed by atoms with Crippen LogP contribution in [0.1, 0.15) is 45.1 Å². The van der Waals surface area contributed by atoms with Crippen LogP contribution in [-0.2, 0) is 9.59 Å². The number of unbranched alkanes of at least 4 members (excludes halogenated alkanes) is 2. The SMILES string of the molecule is CCC(C(=O)NCCCCCC(=O)O)n1ccccc1=O. The van der Waals surface area contributed by atoms with Gasteiger partial charge in [-0.3, -0.25) is 14.4 Å². The van der Waals surface area contributed by atoms with Crippen molar-refractivity contribution in [3.63, 3.8) is 0 Å². The van der Waals surface area contributed by atoms with Crippen LogP contribution in [0.2, 0.25) is 0 Å². The van der Waals surface area contributed by atoms with Crippen LogP contribution < -0.4 is 10.9 Å². The summed E-state index contributed by atoms with van der Waals surface area (Å²) in [5.74, 6) is -0.974. The number of nitrogens with zero attached hydrogens (tertiary/aromatic N) is 1. The smallest absolute Gasteiger partial charge is 0.303 e. The van der Waals surface area contributed by atoms with Crippen LogP contribution in [0.15, 0.2) is 29.2 Å². The normalized spacial score (nSPS) is 11.9. The van der Waals surface area contributed by atoms with Crippen molar-refractivity contribution in [2.75, 3.05) is 6.54 Å². The number of carboxylic acid groups (broad SMARTS) is 1. The zero-order valence-corrected chi connectivity index (χ0v) is 12.2. The standard InChI is InChI=1S/C15H22N2O4/c1-2-12(17-11-7-5-8-13(17)18)15(21)16-10-6-3-4-9-14(19)20/h5,7-8,11-12H,2-4,6,9-10H2,1H3,(H,16,21)(H,19,20). The third kappa shape index (κ3) is 5.81. The Hall–Kier alpha value is -2.11. The molecule has 0 aliphatic rings. The molecule has 1 atom stereocenters. The number of amides is 1. The van der Waals surface area contributed by atoms with Crippen LogP contribution >= 0.6 is 0 Å². The van der Waals surface area contributed by atoms with E-state index in [-0.39, 0.29) is 17.9 Å². The number of hydrogen-bond donors (Lipinski definition) is 2. The van der Waals surface area contributed by atoms with Crippen LogP contribution in [0.25, 0.3) is 0 Å². The van der Waals surface area contributed by atoms with E-state index in [2.05, 4.69) is 5.32 Å². The van der Waals surface area contributed by atoms with Crippen molar-refractivity contribution >= 4 is 11.9 Å². The highest BCUT2D eigenvalue weighted by Gasteiger charge is 2.18. The molecule has 2 N–H and O–H groups in total. The molecule has 1 aromatic heterocycles. The van der Waals surface area contributed by atoms with Crippen molar-refractivity contribution < 1.29 is 14.7 Å². The maximum atomic E-state index is 12.1. The largest absolute Gasteiger partial charge is 0.481 e. The molecular formula is C15H22N2O4. The number of nitrogens with one attached hydrogen (secondary N) is 1. The molecule has 116 valence electrons. The molecule has 0 bridgehead atoms. The second-order valence-electron chi connectivity index (χ2n) is 4.87. The summed E-state index contributed by atoms with van der Waals surface area (Å²) in [6.07, 6.45) is 4.41. The molecule has 6 nitrogen and oxygen atoms in total. The highest BCUT2D eigenvalue weighted by molar-refractivity contribution is 5.80. The number of carboxylic acids is 1. The Morgan fingerprint density at radius 3 is 2.67 bits per heavy atom. The summed E-state index contributed by atoms with van der Waals surface area (Å²) >= 11 is 0. The van der Waals surface area contributed by atoms with E-state index >= 15 is 0 Å². The highest BCUT2D eigenvalue weighted by atomic mass is 16.4. The summed E-state index contributed by atoms with van der Waals surface area (Å²) < 4.78 is 1.43. The molecule has 1 unspecified atom stereocenters. The van der Waals surface area contributed by atoms with Crippen molar-refractivity contribution in [3.05, 3.63) is 34.7 Å². The fourth-order valence-electron chi connectivity index (χ4n) is 2.11. The molecular weight excluding hydrogens is 272 g/mol. The average molecular weight is 294 g/mol. The minimum absolute atomic E-state index is 0.158. The lowest BCUT2D eigenvalue weighted by Crippen LogP contribution is -2.36. The molecule has 0 aromatic carbocycles. The first-order chi connectivity index (χ1) is 10.1. The molecule has 0 aliphatic carbocycles. The van der Waals surface area contributed by atoms with E-state index in [1.165, 1.54) is 10.6 Å². The van der Waals surface area contributed by atoms with Crippen LogP contribution in [0.3, 0.4) is 0 Å². The van der Waals surface area contributed by atoms with Gasteiger partial charge in [0.05, 0.1) is 0 Å². The Labute approximate surface area is 123 Å².